The summed E-state index contributed by atoms with van der Waals surface area (Å²) in [7, 11) is 0. The number of aryl methyl sites for hydroxylation is 1. The first-order valence-corrected chi connectivity index (χ1v) is 11.4. The highest BCUT2D eigenvalue weighted by Crippen LogP contribution is 2.37. The first-order valence-electron chi connectivity index (χ1n) is 10.6. The summed E-state index contributed by atoms with van der Waals surface area (Å²) in [5.74, 6) is -3.13. The molecular formula is C25H22Cl2N2O4. The van der Waals surface area contributed by atoms with Crippen LogP contribution in [0.4, 0.5) is 0 Å². The number of imide groups is 1. The lowest BCUT2D eigenvalue weighted by molar-refractivity contribution is -0.156. The number of ketones is 1. The molecule has 3 amide bonds. The van der Waals surface area contributed by atoms with Crippen LogP contribution in [-0.2, 0) is 9.59 Å². The Morgan fingerprint density at radius 2 is 1.45 bits per heavy atom. The number of benzene rings is 2. The lowest BCUT2D eigenvalue weighted by Gasteiger charge is -2.34. The zero-order valence-corrected chi connectivity index (χ0v) is 19.6. The van der Waals surface area contributed by atoms with Crippen molar-refractivity contribution in [3.8, 4) is 0 Å². The molecule has 0 saturated carbocycles. The first kappa shape index (κ1) is 23.2. The average molecular weight is 485 g/mol. The molecule has 6 nitrogen and oxygen atoms in total. The minimum atomic E-state index is -1.12. The molecule has 0 unspecified atom stereocenters. The van der Waals surface area contributed by atoms with Gasteiger partial charge >= 0.3 is 0 Å². The van der Waals surface area contributed by atoms with Gasteiger partial charge in [-0.15, -0.1) is 0 Å². The van der Waals surface area contributed by atoms with Gasteiger partial charge in [-0.25, -0.2) is 5.01 Å². The first-order chi connectivity index (χ1) is 15.7. The highest BCUT2D eigenvalue weighted by Gasteiger charge is 2.52. The van der Waals surface area contributed by atoms with E-state index in [9.17, 15) is 19.2 Å². The van der Waals surface area contributed by atoms with E-state index in [1.54, 1.807) is 24.3 Å². The molecule has 0 aromatic heterocycles. The summed E-state index contributed by atoms with van der Waals surface area (Å²) in [6.45, 7) is 3.41. The van der Waals surface area contributed by atoms with Crippen molar-refractivity contribution in [2.45, 2.75) is 32.7 Å². The largest absolute Gasteiger partial charge is 0.292 e. The molecule has 0 radical (unpaired) electrons. The van der Waals surface area contributed by atoms with E-state index in [1.807, 2.05) is 19.1 Å². The second-order valence-electron chi connectivity index (χ2n) is 8.33. The molecule has 1 heterocycles. The molecule has 0 spiro atoms. The van der Waals surface area contributed by atoms with Crippen LogP contribution in [0.5, 0.6) is 0 Å². The van der Waals surface area contributed by atoms with Crippen molar-refractivity contribution in [1.29, 1.82) is 0 Å². The number of carbonyl (C=O) groups excluding carboxylic acids is 4. The van der Waals surface area contributed by atoms with Crippen molar-refractivity contribution >= 4 is 46.7 Å². The van der Waals surface area contributed by atoms with Crippen LogP contribution in [-0.4, -0.2) is 39.6 Å². The second-order valence-corrected chi connectivity index (χ2v) is 9.14. The summed E-state index contributed by atoms with van der Waals surface area (Å²) < 4.78 is 0. The number of hydrogen-bond acceptors (Lipinski definition) is 4. The highest BCUT2D eigenvalue weighted by molar-refractivity contribution is 6.42. The fraction of sp³-hybridized carbons (Fsp3) is 0.280. The predicted octanol–water partition coefficient (Wildman–Crippen LogP) is 4.88. The Hall–Kier alpha value is -2.96. The highest BCUT2D eigenvalue weighted by atomic mass is 35.5. The monoisotopic (exact) mass is 484 g/mol. The van der Waals surface area contributed by atoms with Gasteiger partial charge in [0.05, 0.1) is 21.9 Å². The van der Waals surface area contributed by atoms with Crippen LogP contribution >= 0.6 is 23.2 Å². The summed E-state index contributed by atoms with van der Waals surface area (Å²) in [5.41, 5.74) is 1.46. The van der Waals surface area contributed by atoms with E-state index in [2.05, 4.69) is 0 Å². The molecule has 170 valence electrons. The van der Waals surface area contributed by atoms with Gasteiger partial charge in [0.15, 0.2) is 5.78 Å². The van der Waals surface area contributed by atoms with E-state index < -0.39 is 41.4 Å². The molecule has 4 rings (SSSR count). The maximum absolute atomic E-state index is 13.6. The molecule has 33 heavy (non-hydrogen) atoms. The number of hydrogen-bond donors (Lipinski definition) is 0. The van der Waals surface area contributed by atoms with Crippen molar-refractivity contribution in [1.82, 2.24) is 10.0 Å². The SMILES string of the molecule is Cc1ccc(C(=O)[C@@H](C)N(C(=O)c2ccc(Cl)c(Cl)c2)N2C(=O)[C@H]3CC=CC[C@H]3C2=O)cc1. The smallest absolute Gasteiger partial charge is 0.273 e. The van der Waals surface area contributed by atoms with Gasteiger partial charge < -0.3 is 0 Å². The van der Waals surface area contributed by atoms with Crippen molar-refractivity contribution in [2.75, 3.05) is 0 Å². The van der Waals surface area contributed by atoms with Gasteiger partial charge in [0.25, 0.3) is 17.7 Å². The summed E-state index contributed by atoms with van der Waals surface area (Å²) in [6.07, 6.45) is 4.56. The molecule has 0 bridgehead atoms. The maximum atomic E-state index is 13.6. The maximum Gasteiger partial charge on any atom is 0.273 e. The normalized spacial score (nSPS) is 20.5. The number of allylic oxidation sites excluding steroid dienone is 2. The third kappa shape index (κ3) is 4.21. The number of rotatable bonds is 5. The van der Waals surface area contributed by atoms with Crippen molar-refractivity contribution in [3.05, 3.63) is 81.4 Å². The van der Waals surface area contributed by atoms with Crippen LogP contribution in [0.1, 0.15) is 46.0 Å². The summed E-state index contributed by atoms with van der Waals surface area (Å²) in [6, 6.07) is 10.1. The molecule has 2 aromatic rings. The van der Waals surface area contributed by atoms with E-state index in [-0.39, 0.29) is 15.6 Å². The number of hydrazine groups is 1. The minimum Gasteiger partial charge on any atom is -0.292 e. The summed E-state index contributed by atoms with van der Waals surface area (Å²) in [5, 5.41) is 2.25. The second kappa shape index (κ2) is 9.12. The van der Waals surface area contributed by atoms with Gasteiger partial charge in [-0.05, 0) is 44.9 Å². The van der Waals surface area contributed by atoms with E-state index in [4.69, 9.17) is 23.2 Å². The molecular weight excluding hydrogens is 463 g/mol. The van der Waals surface area contributed by atoms with Crippen LogP contribution < -0.4 is 0 Å². The Morgan fingerprint density at radius 3 is 2.00 bits per heavy atom. The van der Waals surface area contributed by atoms with Crippen molar-refractivity contribution < 1.29 is 19.2 Å². The van der Waals surface area contributed by atoms with Crippen LogP contribution in [0, 0.1) is 18.8 Å². The molecule has 8 heteroatoms. The number of fused-ring (bicyclic) bond motifs is 1. The number of halogens is 2. The van der Waals surface area contributed by atoms with Gasteiger partial charge in [0, 0.05) is 11.1 Å². The third-order valence-electron chi connectivity index (χ3n) is 6.16. The lowest BCUT2D eigenvalue weighted by Crippen LogP contribution is -2.56. The molecule has 2 aliphatic rings. The van der Waals surface area contributed by atoms with Crippen LogP contribution in [0.2, 0.25) is 10.0 Å². The van der Waals surface area contributed by atoms with Crippen molar-refractivity contribution in [2.24, 2.45) is 11.8 Å². The van der Waals surface area contributed by atoms with E-state index in [0.717, 1.165) is 15.6 Å². The van der Waals surface area contributed by atoms with E-state index in [1.165, 1.54) is 25.1 Å². The number of Topliss-reactive ketones (excluding diaryl/α,β-unsaturated/α-hetero) is 1. The van der Waals surface area contributed by atoms with Crippen LogP contribution in [0.3, 0.4) is 0 Å². The van der Waals surface area contributed by atoms with Crippen LogP contribution in [0.15, 0.2) is 54.6 Å². The van der Waals surface area contributed by atoms with E-state index >= 15 is 0 Å². The van der Waals surface area contributed by atoms with Gasteiger partial charge in [0.2, 0.25) is 0 Å². The number of amides is 3. The van der Waals surface area contributed by atoms with Crippen LogP contribution in [0.25, 0.3) is 0 Å². The predicted molar refractivity (Wildman–Crippen MR) is 125 cm³/mol. The Morgan fingerprint density at radius 1 is 0.909 bits per heavy atom. The third-order valence-corrected chi connectivity index (χ3v) is 6.90. The molecule has 0 N–H and O–H groups in total. The number of nitrogens with zero attached hydrogens (tertiary/aromatic N) is 2. The summed E-state index contributed by atoms with van der Waals surface area (Å²) in [4.78, 5) is 53.5. The minimum absolute atomic E-state index is 0.113. The molecule has 3 atom stereocenters. The quantitative estimate of drug-likeness (QED) is 0.344. The van der Waals surface area contributed by atoms with Gasteiger partial charge in [-0.1, -0.05) is 65.2 Å². The fourth-order valence-electron chi connectivity index (χ4n) is 4.27. The lowest BCUT2D eigenvalue weighted by atomic mass is 9.85. The molecule has 1 aliphatic carbocycles. The fourth-order valence-corrected chi connectivity index (χ4v) is 4.56. The zero-order chi connectivity index (χ0) is 23.9. The molecule has 1 aliphatic heterocycles. The molecule has 2 aromatic carbocycles. The van der Waals surface area contributed by atoms with Gasteiger partial charge in [-0.2, -0.15) is 5.01 Å². The van der Waals surface area contributed by atoms with E-state index in [0.29, 0.717) is 18.4 Å². The number of carbonyl (C=O) groups is 4. The Kier molecular flexibility index (Phi) is 6.41. The van der Waals surface area contributed by atoms with Crippen molar-refractivity contribution in [3.63, 3.8) is 0 Å². The topological polar surface area (TPSA) is 74.8 Å². The Labute approximate surface area is 201 Å². The van der Waals surface area contributed by atoms with Gasteiger partial charge in [-0.3, -0.25) is 19.2 Å². The summed E-state index contributed by atoms with van der Waals surface area (Å²) >= 11 is 12.1. The molecule has 1 saturated heterocycles. The Balaban J connectivity index is 1.76. The molecule has 1 fully saturated rings. The zero-order valence-electron chi connectivity index (χ0n) is 18.1. The average Bonchev–Trinajstić information content (AvgIpc) is 3.06. The Bertz CT molecular complexity index is 1150. The van der Waals surface area contributed by atoms with Gasteiger partial charge in [0.1, 0.15) is 6.04 Å². The standard InChI is InChI=1S/C25H22Cl2N2O4/c1-14-7-9-16(10-8-14)22(30)15(2)28(23(31)17-11-12-20(26)21(27)13-17)29-24(32)18-5-3-4-6-19(18)25(29)33/h3-4,7-13,15,18-19H,5-6H2,1-2H3/t15-,18-,19+/m1/s1.